The lowest BCUT2D eigenvalue weighted by molar-refractivity contribution is -0.0494. The Morgan fingerprint density at radius 2 is 1.41 bits per heavy atom. The van der Waals surface area contributed by atoms with Gasteiger partial charge < -0.3 is 5.32 Å². The van der Waals surface area contributed by atoms with Crippen LogP contribution in [0.5, 0.6) is 0 Å². The molecule has 0 aromatic heterocycles. The lowest BCUT2D eigenvalue weighted by Gasteiger charge is -2.56. The van der Waals surface area contributed by atoms with E-state index in [1.807, 2.05) is 0 Å². The van der Waals surface area contributed by atoms with Gasteiger partial charge in [-0.15, -0.1) is 0 Å². The molecule has 3 nitrogen and oxygen atoms in total. The Morgan fingerprint density at radius 1 is 0.941 bits per heavy atom. The molecule has 0 radical (unpaired) electrons. The summed E-state index contributed by atoms with van der Waals surface area (Å²) >= 11 is 0. The van der Waals surface area contributed by atoms with E-state index in [4.69, 9.17) is 0 Å². The van der Waals surface area contributed by atoms with E-state index in [9.17, 15) is 0 Å². The Balaban J connectivity index is 2.09. The van der Waals surface area contributed by atoms with E-state index in [0.29, 0.717) is 11.1 Å². The van der Waals surface area contributed by atoms with Crippen LogP contribution in [0.25, 0.3) is 0 Å². The lowest BCUT2D eigenvalue weighted by Crippen LogP contribution is -2.64. The maximum absolute atomic E-state index is 3.45. The first-order valence-corrected chi connectivity index (χ1v) is 7.02. The average molecular weight is 239 g/mol. The molecule has 2 aliphatic heterocycles. The van der Waals surface area contributed by atoms with Crippen molar-refractivity contribution in [3.8, 4) is 0 Å². The van der Waals surface area contributed by atoms with E-state index < -0.39 is 0 Å². The summed E-state index contributed by atoms with van der Waals surface area (Å²) in [7, 11) is 2.29. The third kappa shape index (κ3) is 2.67. The van der Waals surface area contributed by atoms with Crippen molar-refractivity contribution in [3.63, 3.8) is 0 Å². The van der Waals surface area contributed by atoms with Gasteiger partial charge in [-0.3, -0.25) is 9.80 Å². The molecule has 0 amide bonds. The van der Waals surface area contributed by atoms with Gasteiger partial charge in [0.25, 0.3) is 0 Å². The minimum Gasteiger partial charge on any atom is -0.314 e. The van der Waals surface area contributed by atoms with Gasteiger partial charge in [0.1, 0.15) is 0 Å². The second kappa shape index (κ2) is 4.52. The van der Waals surface area contributed by atoms with Crippen molar-refractivity contribution in [3.05, 3.63) is 0 Å². The first-order chi connectivity index (χ1) is 7.83. The van der Waals surface area contributed by atoms with Gasteiger partial charge in [-0.2, -0.15) is 0 Å². The molecule has 0 aromatic rings. The number of piperazine rings is 1. The molecule has 0 aromatic carbocycles. The number of rotatable bonds is 1. The molecule has 1 N–H and O–H groups in total. The highest BCUT2D eigenvalue weighted by molar-refractivity contribution is 5.01. The molecule has 2 heterocycles. The van der Waals surface area contributed by atoms with E-state index in [1.54, 1.807) is 0 Å². The number of hydrogen-bond donors (Lipinski definition) is 1. The molecule has 17 heavy (non-hydrogen) atoms. The summed E-state index contributed by atoms with van der Waals surface area (Å²) in [5, 5.41) is 3.45. The van der Waals surface area contributed by atoms with Gasteiger partial charge in [0.2, 0.25) is 0 Å². The highest BCUT2D eigenvalue weighted by Crippen LogP contribution is 2.38. The molecule has 0 atom stereocenters. The van der Waals surface area contributed by atoms with Crippen molar-refractivity contribution in [1.82, 2.24) is 15.1 Å². The molecule has 0 saturated carbocycles. The van der Waals surface area contributed by atoms with Gasteiger partial charge in [0.05, 0.1) is 0 Å². The molecule has 2 fully saturated rings. The van der Waals surface area contributed by atoms with Crippen LogP contribution < -0.4 is 5.32 Å². The zero-order chi connectivity index (χ0) is 12.7. The van der Waals surface area contributed by atoms with Crippen LogP contribution >= 0.6 is 0 Å². The van der Waals surface area contributed by atoms with Crippen LogP contribution in [0.15, 0.2) is 0 Å². The standard InChI is InChI=1S/C14H29N3/c1-13(2)10-12(11-14(3,4)16(13)5)17-8-6-15-7-9-17/h12,15H,6-11H2,1-5H3. The van der Waals surface area contributed by atoms with Gasteiger partial charge >= 0.3 is 0 Å². The Hall–Kier alpha value is -0.120. The normalized spacial score (nSPS) is 31.6. The summed E-state index contributed by atoms with van der Waals surface area (Å²) in [5.41, 5.74) is 0.634. The van der Waals surface area contributed by atoms with E-state index >= 15 is 0 Å². The van der Waals surface area contributed by atoms with Crippen molar-refractivity contribution in [2.45, 2.75) is 57.7 Å². The van der Waals surface area contributed by atoms with E-state index in [-0.39, 0.29) is 0 Å². The van der Waals surface area contributed by atoms with E-state index in [1.165, 1.54) is 25.9 Å². The topological polar surface area (TPSA) is 18.5 Å². The summed E-state index contributed by atoms with van der Waals surface area (Å²) in [6, 6.07) is 0.762. The average Bonchev–Trinajstić information content (AvgIpc) is 2.26. The van der Waals surface area contributed by atoms with Crippen molar-refractivity contribution in [2.75, 3.05) is 33.2 Å². The number of nitrogens with one attached hydrogen (secondary N) is 1. The Bertz CT molecular complexity index is 249. The second-order valence-corrected chi connectivity index (χ2v) is 7.03. The minimum atomic E-state index is 0.317. The van der Waals surface area contributed by atoms with Crippen molar-refractivity contribution < 1.29 is 0 Å². The van der Waals surface area contributed by atoms with Gasteiger partial charge in [0, 0.05) is 43.3 Å². The predicted molar refractivity (Wildman–Crippen MR) is 73.4 cm³/mol. The monoisotopic (exact) mass is 239 g/mol. The molecular weight excluding hydrogens is 210 g/mol. The highest BCUT2D eigenvalue weighted by Gasteiger charge is 2.44. The minimum absolute atomic E-state index is 0.317. The Kier molecular flexibility index (Phi) is 3.54. The quantitative estimate of drug-likeness (QED) is 0.749. The number of likely N-dealkylation sites (tertiary alicyclic amines) is 1. The number of hydrogen-bond acceptors (Lipinski definition) is 3. The third-order valence-corrected chi connectivity index (χ3v) is 4.95. The molecular formula is C14H29N3. The van der Waals surface area contributed by atoms with Crippen LogP contribution in [0.4, 0.5) is 0 Å². The molecule has 2 saturated heterocycles. The second-order valence-electron chi connectivity index (χ2n) is 7.03. The molecule has 0 spiro atoms. The SMILES string of the molecule is CN1C(C)(C)CC(N2CCNCC2)CC1(C)C. The van der Waals surface area contributed by atoms with Crippen LogP contribution in [0.3, 0.4) is 0 Å². The molecule has 2 rings (SSSR count). The fourth-order valence-electron chi connectivity index (χ4n) is 3.62. The third-order valence-electron chi connectivity index (χ3n) is 4.95. The van der Waals surface area contributed by atoms with Crippen LogP contribution in [-0.4, -0.2) is 60.1 Å². The van der Waals surface area contributed by atoms with Crippen LogP contribution in [-0.2, 0) is 0 Å². The van der Waals surface area contributed by atoms with Crippen molar-refractivity contribution in [1.29, 1.82) is 0 Å². The first kappa shape index (κ1) is 13.3. The molecule has 3 heteroatoms. The Morgan fingerprint density at radius 3 is 1.88 bits per heavy atom. The fourth-order valence-corrected chi connectivity index (χ4v) is 3.62. The van der Waals surface area contributed by atoms with Gasteiger partial charge in [0.15, 0.2) is 0 Å². The van der Waals surface area contributed by atoms with Crippen LogP contribution in [0.2, 0.25) is 0 Å². The van der Waals surface area contributed by atoms with Crippen molar-refractivity contribution >= 4 is 0 Å². The lowest BCUT2D eigenvalue weighted by atomic mass is 9.77. The van der Waals surface area contributed by atoms with E-state index in [0.717, 1.165) is 19.1 Å². The van der Waals surface area contributed by atoms with Crippen LogP contribution in [0.1, 0.15) is 40.5 Å². The van der Waals surface area contributed by atoms with Gasteiger partial charge in [-0.25, -0.2) is 0 Å². The summed E-state index contributed by atoms with van der Waals surface area (Å²) in [6.07, 6.45) is 2.60. The van der Waals surface area contributed by atoms with E-state index in [2.05, 4.69) is 49.9 Å². The highest BCUT2D eigenvalue weighted by atomic mass is 15.3. The maximum atomic E-state index is 3.45. The summed E-state index contributed by atoms with van der Waals surface area (Å²) in [5.74, 6) is 0. The van der Waals surface area contributed by atoms with Gasteiger partial charge in [-0.05, 0) is 47.6 Å². The molecule has 0 aliphatic carbocycles. The fraction of sp³-hybridized carbons (Fsp3) is 1.00. The van der Waals surface area contributed by atoms with Crippen LogP contribution in [0, 0.1) is 0 Å². The Labute approximate surface area is 107 Å². The number of nitrogens with zero attached hydrogens (tertiary/aromatic N) is 2. The zero-order valence-corrected chi connectivity index (χ0v) is 12.2. The summed E-state index contributed by atoms with van der Waals surface area (Å²) < 4.78 is 0. The van der Waals surface area contributed by atoms with Gasteiger partial charge in [-0.1, -0.05) is 0 Å². The molecule has 2 aliphatic rings. The molecule has 0 unspecified atom stereocenters. The zero-order valence-electron chi connectivity index (χ0n) is 12.2. The first-order valence-electron chi connectivity index (χ1n) is 7.02. The smallest absolute Gasteiger partial charge is 0.0170 e. The number of piperidine rings is 1. The maximum Gasteiger partial charge on any atom is 0.0170 e. The summed E-state index contributed by atoms with van der Waals surface area (Å²) in [4.78, 5) is 5.27. The van der Waals surface area contributed by atoms with Crippen molar-refractivity contribution in [2.24, 2.45) is 0 Å². The predicted octanol–water partition coefficient (Wildman–Crippen LogP) is 1.54. The molecule has 0 bridgehead atoms. The molecule has 100 valence electrons. The largest absolute Gasteiger partial charge is 0.314 e. The summed E-state index contributed by atoms with van der Waals surface area (Å²) in [6.45, 7) is 14.3.